The van der Waals surface area contributed by atoms with Gasteiger partial charge in [-0.25, -0.2) is 0 Å². The standard InChI is InChI=1S/C17H21F3N2O/c18-17(19,20)14-3-1-13(2-4-14)11-15(23)22-9-6-16(7-10-22)5-8-21-12-16/h1-4,21H,5-12H2. The summed E-state index contributed by atoms with van der Waals surface area (Å²) < 4.78 is 37.6. The van der Waals surface area contributed by atoms with E-state index in [4.69, 9.17) is 0 Å². The predicted octanol–water partition coefficient (Wildman–Crippen LogP) is 2.85. The highest BCUT2D eigenvalue weighted by atomic mass is 19.4. The van der Waals surface area contributed by atoms with E-state index >= 15 is 0 Å². The Morgan fingerprint density at radius 2 is 1.78 bits per heavy atom. The molecule has 1 spiro atoms. The number of amides is 1. The van der Waals surface area contributed by atoms with Crippen molar-refractivity contribution in [1.82, 2.24) is 10.2 Å². The van der Waals surface area contributed by atoms with E-state index in [0.717, 1.165) is 51.2 Å². The van der Waals surface area contributed by atoms with Crippen molar-refractivity contribution in [3.05, 3.63) is 35.4 Å². The molecule has 3 rings (SSSR count). The zero-order chi connectivity index (χ0) is 16.5. The summed E-state index contributed by atoms with van der Waals surface area (Å²) in [6.45, 7) is 3.59. The molecule has 0 atom stereocenters. The number of carbonyl (C=O) groups excluding carboxylic acids is 1. The molecule has 1 aromatic carbocycles. The number of nitrogens with zero attached hydrogens (tertiary/aromatic N) is 1. The second-order valence-electron chi connectivity index (χ2n) is 6.68. The van der Waals surface area contributed by atoms with Gasteiger partial charge in [-0.1, -0.05) is 12.1 Å². The Bertz CT molecular complexity index is 552. The summed E-state index contributed by atoms with van der Waals surface area (Å²) in [5.41, 5.74) is 0.304. The van der Waals surface area contributed by atoms with Gasteiger partial charge in [-0.05, 0) is 48.9 Å². The summed E-state index contributed by atoms with van der Waals surface area (Å²) in [5, 5.41) is 3.39. The Morgan fingerprint density at radius 1 is 1.13 bits per heavy atom. The van der Waals surface area contributed by atoms with Crippen molar-refractivity contribution >= 4 is 5.91 Å². The third-order valence-corrected chi connectivity index (χ3v) is 5.15. The van der Waals surface area contributed by atoms with Crippen LogP contribution in [0.25, 0.3) is 0 Å². The number of halogens is 3. The lowest BCUT2D eigenvalue weighted by Gasteiger charge is -2.39. The van der Waals surface area contributed by atoms with E-state index in [2.05, 4.69) is 5.32 Å². The quantitative estimate of drug-likeness (QED) is 0.906. The molecule has 23 heavy (non-hydrogen) atoms. The van der Waals surface area contributed by atoms with Gasteiger partial charge in [0.25, 0.3) is 0 Å². The van der Waals surface area contributed by atoms with Crippen molar-refractivity contribution in [2.24, 2.45) is 5.41 Å². The van der Waals surface area contributed by atoms with Crippen LogP contribution in [0, 0.1) is 5.41 Å². The van der Waals surface area contributed by atoms with Crippen LogP contribution in [-0.4, -0.2) is 37.0 Å². The maximum absolute atomic E-state index is 12.5. The second-order valence-corrected chi connectivity index (χ2v) is 6.68. The van der Waals surface area contributed by atoms with Crippen LogP contribution in [0.2, 0.25) is 0 Å². The third-order valence-electron chi connectivity index (χ3n) is 5.15. The van der Waals surface area contributed by atoms with Crippen molar-refractivity contribution in [3.63, 3.8) is 0 Å². The number of rotatable bonds is 2. The lowest BCUT2D eigenvalue weighted by atomic mass is 9.78. The Labute approximate surface area is 133 Å². The molecule has 0 saturated carbocycles. The fourth-order valence-electron chi connectivity index (χ4n) is 3.55. The molecule has 2 fully saturated rings. The molecule has 0 unspecified atom stereocenters. The largest absolute Gasteiger partial charge is 0.416 e. The Kier molecular flexibility index (Phi) is 4.36. The van der Waals surface area contributed by atoms with Gasteiger partial charge in [0, 0.05) is 19.6 Å². The molecule has 1 N–H and O–H groups in total. The minimum absolute atomic E-state index is 0.00515. The number of hydrogen-bond donors (Lipinski definition) is 1. The van der Waals surface area contributed by atoms with Crippen molar-refractivity contribution in [2.75, 3.05) is 26.2 Å². The van der Waals surface area contributed by atoms with E-state index in [1.54, 1.807) is 0 Å². The fourth-order valence-corrected chi connectivity index (χ4v) is 3.55. The number of hydrogen-bond acceptors (Lipinski definition) is 2. The monoisotopic (exact) mass is 326 g/mol. The van der Waals surface area contributed by atoms with Gasteiger partial charge < -0.3 is 10.2 Å². The molecule has 1 amide bonds. The van der Waals surface area contributed by atoms with E-state index in [1.807, 2.05) is 4.90 Å². The van der Waals surface area contributed by atoms with Gasteiger partial charge in [0.15, 0.2) is 0 Å². The normalized spacial score (nSPS) is 20.9. The van der Waals surface area contributed by atoms with E-state index in [1.165, 1.54) is 18.6 Å². The highest BCUT2D eigenvalue weighted by Gasteiger charge is 2.38. The van der Waals surface area contributed by atoms with Crippen molar-refractivity contribution in [2.45, 2.75) is 31.9 Å². The number of likely N-dealkylation sites (tertiary alicyclic amines) is 1. The summed E-state index contributed by atoms with van der Waals surface area (Å²) >= 11 is 0. The number of nitrogens with one attached hydrogen (secondary N) is 1. The Morgan fingerprint density at radius 3 is 2.30 bits per heavy atom. The van der Waals surface area contributed by atoms with E-state index in [-0.39, 0.29) is 12.3 Å². The molecule has 2 heterocycles. The van der Waals surface area contributed by atoms with Gasteiger partial charge >= 0.3 is 6.18 Å². The van der Waals surface area contributed by atoms with Crippen LogP contribution in [0.1, 0.15) is 30.4 Å². The molecule has 6 heteroatoms. The highest BCUT2D eigenvalue weighted by Crippen LogP contribution is 2.37. The molecular formula is C17H21F3N2O. The molecule has 0 radical (unpaired) electrons. The molecule has 2 aliphatic heterocycles. The SMILES string of the molecule is O=C(Cc1ccc(C(F)(F)F)cc1)N1CCC2(CCNC2)CC1. The smallest absolute Gasteiger partial charge is 0.342 e. The topological polar surface area (TPSA) is 32.3 Å². The number of carbonyl (C=O) groups is 1. The minimum Gasteiger partial charge on any atom is -0.342 e. The number of piperidine rings is 1. The second kappa shape index (κ2) is 6.15. The van der Waals surface area contributed by atoms with Gasteiger partial charge in [0.1, 0.15) is 0 Å². The molecule has 126 valence electrons. The minimum atomic E-state index is -4.33. The van der Waals surface area contributed by atoms with Crippen LogP contribution in [0.3, 0.4) is 0 Å². The Balaban J connectivity index is 1.55. The molecule has 2 saturated heterocycles. The molecule has 0 bridgehead atoms. The van der Waals surface area contributed by atoms with E-state index in [9.17, 15) is 18.0 Å². The fraction of sp³-hybridized carbons (Fsp3) is 0.588. The van der Waals surface area contributed by atoms with Gasteiger partial charge in [-0.2, -0.15) is 13.2 Å². The first-order valence-electron chi connectivity index (χ1n) is 8.03. The molecule has 0 aliphatic carbocycles. The average Bonchev–Trinajstić information content (AvgIpc) is 2.96. The lowest BCUT2D eigenvalue weighted by molar-refractivity contribution is -0.137. The van der Waals surface area contributed by atoms with Crippen LogP contribution in [-0.2, 0) is 17.4 Å². The van der Waals surface area contributed by atoms with Gasteiger partial charge in [0.05, 0.1) is 12.0 Å². The zero-order valence-electron chi connectivity index (χ0n) is 13.0. The lowest BCUT2D eigenvalue weighted by Crippen LogP contribution is -2.44. The number of benzene rings is 1. The summed E-state index contributed by atoms with van der Waals surface area (Å²) in [4.78, 5) is 14.2. The first kappa shape index (κ1) is 16.3. The summed E-state index contributed by atoms with van der Waals surface area (Å²) in [5.74, 6) is 0.00515. The average molecular weight is 326 g/mol. The van der Waals surface area contributed by atoms with E-state index in [0.29, 0.717) is 11.0 Å². The number of alkyl halides is 3. The van der Waals surface area contributed by atoms with E-state index < -0.39 is 11.7 Å². The third kappa shape index (κ3) is 3.68. The first-order chi connectivity index (χ1) is 10.9. The van der Waals surface area contributed by atoms with Crippen LogP contribution >= 0.6 is 0 Å². The Hall–Kier alpha value is -1.56. The molecule has 1 aromatic rings. The predicted molar refractivity (Wildman–Crippen MR) is 80.9 cm³/mol. The van der Waals surface area contributed by atoms with Crippen molar-refractivity contribution in [3.8, 4) is 0 Å². The van der Waals surface area contributed by atoms with Crippen LogP contribution in [0.4, 0.5) is 13.2 Å². The molecular weight excluding hydrogens is 305 g/mol. The molecule has 3 nitrogen and oxygen atoms in total. The molecule has 0 aromatic heterocycles. The maximum Gasteiger partial charge on any atom is 0.416 e. The van der Waals surface area contributed by atoms with Crippen molar-refractivity contribution in [1.29, 1.82) is 0 Å². The first-order valence-corrected chi connectivity index (χ1v) is 8.03. The maximum atomic E-state index is 12.5. The van der Waals surface area contributed by atoms with Gasteiger partial charge in [-0.15, -0.1) is 0 Å². The zero-order valence-corrected chi connectivity index (χ0v) is 13.0. The highest BCUT2D eigenvalue weighted by molar-refractivity contribution is 5.78. The van der Waals surface area contributed by atoms with Crippen molar-refractivity contribution < 1.29 is 18.0 Å². The van der Waals surface area contributed by atoms with Gasteiger partial charge in [-0.3, -0.25) is 4.79 Å². The van der Waals surface area contributed by atoms with Crippen LogP contribution in [0.5, 0.6) is 0 Å². The van der Waals surface area contributed by atoms with Crippen LogP contribution < -0.4 is 5.32 Å². The summed E-state index contributed by atoms with van der Waals surface area (Å²) in [6.07, 6.45) is -0.964. The summed E-state index contributed by atoms with van der Waals surface area (Å²) in [7, 11) is 0. The summed E-state index contributed by atoms with van der Waals surface area (Å²) in [6, 6.07) is 4.87. The van der Waals surface area contributed by atoms with Crippen LogP contribution in [0.15, 0.2) is 24.3 Å². The molecule has 2 aliphatic rings. The van der Waals surface area contributed by atoms with Gasteiger partial charge in [0.2, 0.25) is 5.91 Å².